The van der Waals surface area contributed by atoms with Gasteiger partial charge in [-0.3, -0.25) is 9.13 Å². The van der Waals surface area contributed by atoms with Gasteiger partial charge in [0.05, 0.1) is 22.8 Å². The Morgan fingerprint density at radius 1 is 1.18 bits per heavy atom. The van der Waals surface area contributed by atoms with Crippen molar-refractivity contribution in [1.82, 2.24) is 19.1 Å². The first-order valence-electron chi connectivity index (χ1n) is 11.7. The summed E-state index contributed by atoms with van der Waals surface area (Å²) in [5.41, 5.74) is 1.47. The Balaban J connectivity index is 1.46. The predicted octanol–water partition coefficient (Wildman–Crippen LogP) is 4.21. The largest absolute Gasteiger partial charge is 0.390 e. The van der Waals surface area contributed by atoms with Crippen molar-refractivity contribution >= 4 is 40.1 Å². The summed E-state index contributed by atoms with van der Waals surface area (Å²) >= 11 is 6.46. The molecular weight excluding hydrogens is 440 g/mol. The van der Waals surface area contributed by atoms with Crippen molar-refractivity contribution < 1.29 is 5.11 Å². The van der Waals surface area contributed by atoms with E-state index in [0.717, 1.165) is 22.7 Å². The van der Waals surface area contributed by atoms with Crippen molar-refractivity contribution in [2.24, 2.45) is 7.05 Å². The van der Waals surface area contributed by atoms with Gasteiger partial charge < -0.3 is 15.3 Å². The highest BCUT2D eigenvalue weighted by Crippen LogP contribution is 2.38. The van der Waals surface area contributed by atoms with Gasteiger partial charge in [-0.15, -0.1) is 0 Å². The molecule has 0 saturated carbocycles. The number of benzene rings is 1. The molecule has 2 bridgehead atoms. The number of imidazole rings is 1. The summed E-state index contributed by atoms with van der Waals surface area (Å²) in [4.78, 5) is 24.5. The Hall–Kier alpha value is -2.58. The highest BCUT2D eigenvalue weighted by Gasteiger charge is 2.38. The summed E-state index contributed by atoms with van der Waals surface area (Å²) in [7, 11) is 1.76. The van der Waals surface area contributed by atoms with Crippen molar-refractivity contribution in [3.63, 3.8) is 0 Å². The van der Waals surface area contributed by atoms with Crippen LogP contribution in [0.25, 0.3) is 11.0 Å². The second-order valence-electron chi connectivity index (χ2n) is 9.97. The quantitative estimate of drug-likeness (QED) is 0.561. The molecular formula is C24H31ClN6O2. The number of piperidine rings is 1. The van der Waals surface area contributed by atoms with E-state index in [1.165, 1.54) is 32.1 Å². The van der Waals surface area contributed by atoms with E-state index in [9.17, 15) is 9.90 Å². The van der Waals surface area contributed by atoms with Crippen molar-refractivity contribution in [1.29, 1.82) is 0 Å². The van der Waals surface area contributed by atoms with E-state index >= 15 is 0 Å². The molecule has 2 N–H and O–H groups in total. The van der Waals surface area contributed by atoms with Crippen molar-refractivity contribution in [2.45, 2.75) is 76.6 Å². The second-order valence-corrected chi connectivity index (χ2v) is 10.4. The van der Waals surface area contributed by atoms with Gasteiger partial charge in [-0.25, -0.2) is 9.78 Å². The minimum Gasteiger partial charge on any atom is -0.390 e. The third kappa shape index (κ3) is 4.22. The number of hydrogen-bond acceptors (Lipinski definition) is 6. The lowest BCUT2D eigenvalue weighted by Crippen LogP contribution is -2.40. The van der Waals surface area contributed by atoms with E-state index in [-0.39, 0.29) is 5.69 Å². The van der Waals surface area contributed by atoms with E-state index in [1.54, 1.807) is 36.2 Å². The molecule has 0 amide bonds. The summed E-state index contributed by atoms with van der Waals surface area (Å²) in [6, 6.07) is 6.81. The molecule has 2 aromatic heterocycles. The van der Waals surface area contributed by atoms with Crippen LogP contribution >= 0.6 is 11.6 Å². The van der Waals surface area contributed by atoms with Gasteiger partial charge in [0.1, 0.15) is 5.02 Å². The summed E-state index contributed by atoms with van der Waals surface area (Å²) < 4.78 is 3.34. The van der Waals surface area contributed by atoms with Gasteiger partial charge in [-0.1, -0.05) is 11.6 Å². The lowest BCUT2D eigenvalue weighted by atomic mass is 10.0. The molecule has 1 aromatic carbocycles. The van der Waals surface area contributed by atoms with Crippen LogP contribution in [0, 0.1) is 0 Å². The van der Waals surface area contributed by atoms with Gasteiger partial charge in [0.2, 0.25) is 5.95 Å². The van der Waals surface area contributed by atoms with Gasteiger partial charge in [-0.2, -0.15) is 4.98 Å². The number of halogens is 1. The number of nitrogens with one attached hydrogen (secondary N) is 1. The van der Waals surface area contributed by atoms with Gasteiger partial charge in [0.25, 0.3) is 0 Å². The molecule has 9 heteroatoms. The van der Waals surface area contributed by atoms with Crippen LogP contribution in [0.15, 0.2) is 29.2 Å². The van der Waals surface area contributed by atoms with Crippen LogP contribution in [0.5, 0.6) is 0 Å². The fourth-order valence-corrected chi connectivity index (χ4v) is 5.38. The maximum absolute atomic E-state index is 12.8. The summed E-state index contributed by atoms with van der Waals surface area (Å²) in [6.45, 7) is 3.93. The average Bonchev–Trinajstić information content (AvgIpc) is 3.15. The van der Waals surface area contributed by atoms with Crippen LogP contribution in [0.3, 0.4) is 0 Å². The van der Waals surface area contributed by atoms with Crippen LogP contribution < -0.4 is 15.9 Å². The third-order valence-corrected chi connectivity index (χ3v) is 7.29. The van der Waals surface area contributed by atoms with Crippen molar-refractivity contribution in [3.8, 4) is 0 Å². The fraction of sp³-hybridized carbons (Fsp3) is 0.542. The first kappa shape index (κ1) is 22.2. The van der Waals surface area contributed by atoms with E-state index in [0.29, 0.717) is 35.9 Å². The summed E-state index contributed by atoms with van der Waals surface area (Å²) in [5.74, 6) is 1.30. The van der Waals surface area contributed by atoms with Gasteiger partial charge in [-0.05, 0) is 70.6 Å². The zero-order valence-electron chi connectivity index (χ0n) is 19.4. The molecule has 5 rings (SSSR count). The lowest BCUT2D eigenvalue weighted by Gasteiger charge is -2.34. The second kappa shape index (κ2) is 8.33. The number of aromatic nitrogens is 4. The molecule has 2 saturated heterocycles. The minimum atomic E-state index is -0.851. The molecule has 0 radical (unpaired) electrons. The number of aryl methyl sites for hydroxylation is 2. The van der Waals surface area contributed by atoms with Gasteiger partial charge in [0, 0.05) is 31.4 Å². The summed E-state index contributed by atoms with van der Waals surface area (Å²) in [5, 5.41) is 13.9. The Morgan fingerprint density at radius 3 is 2.61 bits per heavy atom. The molecule has 2 unspecified atom stereocenters. The van der Waals surface area contributed by atoms with Crippen LogP contribution in [-0.2, 0) is 13.6 Å². The number of fused-ring (bicyclic) bond motifs is 3. The van der Waals surface area contributed by atoms with Crippen LogP contribution in [-0.4, -0.2) is 41.9 Å². The predicted molar refractivity (Wildman–Crippen MR) is 132 cm³/mol. The smallest absolute Gasteiger partial charge is 0.328 e. The Bertz CT molecular complexity index is 1230. The van der Waals surface area contributed by atoms with Crippen LogP contribution in [0.2, 0.25) is 5.02 Å². The molecule has 8 nitrogen and oxygen atoms in total. The Morgan fingerprint density at radius 2 is 1.91 bits per heavy atom. The zero-order valence-corrected chi connectivity index (χ0v) is 20.1. The topological polar surface area (TPSA) is 88.2 Å². The molecule has 2 atom stereocenters. The normalized spacial score (nSPS) is 20.6. The lowest BCUT2D eigenvalue weighted by molar-refractivity contribution is 0.0662. The Kier molecular flexibility index (Phi) is 5.61. The highest BCUT2D eigenvalue weighted by atomic mass is 35.5. The van der Waals surface area contributed by atoms with Crippen molar-refractivity contribution in [3.05, 3.63) is 39.9 Å². The van der Waals surface area contributed by atoms with E-state index in [4.69, 9.17) is 16.6 Å². The van der Waals surface area contributed by atoms with Crippen molar-refractivity contribution in [2.75, 3.05) is 10.2 Å². The molecule has 176 valence electrons. The summed E-state index contributed by atoms with van der Waals surface area (Å²) in [6.07, 6.45) is 8.20. The van der Waals surface area contributed by atoms with Crippen LogP contribution in [0.1, 0.15) is 52.4 Å². The van der Waals surface area contributed by atoms with Gasteiger partial charge in [0.15, 0.2) is 5.82 Å². The van der Waals surface area contributed by atoms with Crippen LogP contribution in [0.4, 0.5) is 17.5 Å². The maximum Gasteiger partial charge on any atom is 0.328 e. The zero-order chi connectivity index (χ0) is 23.3. The number of nitrogens with zero attached hydrogens (tertiary/aromatic N) is 5. The SMILES string of the molecule is Cn1c(=O)n(CCC(C)(C)O)c2cc(Nc3nc(N4C5CCCC4CC5)ncc3Cl)ccc21. The standard InChI is InChI=1S/C24H31ClN6O2/c1-24(2,33)11-12-30-20-13-15(7-10-19(20)29(3)23(30)32)27-21-18(25)14-26-22(28-21)31-16-5-4-6-17(31)9-8-16/h7,10,13-14,16-17,33H,4-6,8-9,11-12H2,1-3H3,(H,26,27,28). The van der Waals surface area contributed by atoms with E-state index < -0.39 is 5.60 Å². The number of hydrogen-bond donors (Lipinski definition) is 2. The molecule has 4 heterocycles. The fourth-order valence-electron chi connectivity index (χ4n) is 5.24. The first-order chi connectivity index (χ1) is 15.7. The number of aliphatic hydroxyl groups is 1. The highest BCUT2D eigenvalue weighted by molar-refractivity contribution is 6.32. The number of anilines is 3. The molecule has 0 spiro atoms. The number of rotatable bonds is 6. The third-order valence-electron chi connectivity index (χ3n) is 7.01. The van der Waals surface area contributed by atoms with E-state index in [2.05, 4.69) is 15.2 Å². The monoisotopic (exact) mass is 470 g/mol. The minimum absolute atomic E-state index is 0.102. The maximum atomic E-state index is 12.8. The molecule has 2 fully saturated rings. The molecule has 0 aliphatic carbocycles. The van der Waals surface area contributed by atoms with E-state index in [1.807, 2.05) is 18.2 Å². The van der Waals surface area contributed by atoms with Gasteiger partial charge >= 0.3 is 5.69 Å². The molecule has 3 aromatic rings. The Labute approximate surface area is 198 Å². The molecule has 2 aliphatic rings. The molecule has 2 aliphatic heterocycles. The molecule has 33 heavy (non-hydrogen) atoms. The first-order valence-corrected chi connectivity index (χ1v) is 12.1. The average molecular weight is 471 g/mol.